The highest BCUT2D eigenvalue weighted by Crippen LogP contribution is 2.10. The molecule has 0 aromatic carbocycles. The van der Waals surface area contributed by atoms with E-state index < -0.39 is 11.9 Å². The van der Waals surface area contributed by atoms with E-state index in [4.69, 9.17) is 9.63 Å². The van der Waals surface area contributed by atoms with E-state index in [0.717, 1.165) is 6.08 Å². The lowest BCUT2D eigenvalue weighted by Gasteiger charge is -2.01. The molecule has 102 valence electrons. The topological polar surface area (TPSA) is 105 Å². The Bertz CT molecular complexity index is 676. The Hall–Kier alpha value is -2.96. The summed E-state index contributed by atoms with van der Waals surface area (Å²) in [6.45, 7) is 1.71. The van der Waals surface area contributed by atoms with E-state index >= 15 is 0 Å². The molecule has 0 bridgehead atoms. The predicted molar refractivity (Wildman–Crippen MR) is 70.1 cm³/mol. The van der Waals surface area contributed by atoms with Gasteiger partial charge in [-0.3, -0.25) is 9.78 Å². The maximum atomic E-state index is 11.9. The number of nitrogens with one attached hydrogen (secondary N) is 1. The summed E-state index contributed by atoms with van der Waals surface area (Å²) in [4.78, 5) is 26.3. The number of hydrogen-bond acceptors (Lipinski definition) is 5. The Balaban J connectivity index is 2.14. The minimum Gasteiger partial charge on any atom is -0.478 e. The van der Waals surface area contributed by atoms with E-state index in [2.05, 4.69) is 15.5 Å². The number of anilines is 1. The fourth-order valence-electron chi connectivity index (χ4n) is 1.45. The zero-order chi connectivity index (χ0) is 14.5. The van der Waals surface area contributed by atoms with Gasteiger partial charge in [-0.25, -0.2) is 4.79 Å². The Labute approximate surface area is 113 Å². The lowest BCUT2D eigenvalue weighted by atomic mass is 10.2. The fourth-order valence-corrected chi connectivity index (χ4v) is 1.45. The molecular weight excluding hydrogens is 262 g/mol. The van der Waals surface area contributed by atoms with Crippen LogP contribution in [-0.2, 0) is 4.79 Å². The molecule has 2 aromatic heterocycles. The average molecular weight is 273 g/mol. The number of aryl methyl sites for hydroxylation is 1. The third-order valence-corrected chi connectivity index (χ3v) is 2.31. The van der Waals surface area contributed by atoms with Gasteiger partial charge in [0.05, 0.1) is 5.56 Å². The first-order valence-corrected chi connectivity index (χ1v) is 5.65. The van der Waals surface area contributed by atoms with Crippen LogP contribution in [0.25, 0.3) is 6.08 Å². The molecule has 0 fully saturated rings. The molecule has 0 aliphatic rings. The van der Waals surface area contributed by atoms with E-state index in [0.29, 0.717) is 17.1 Å². The Morgan fingerprint density at radius 1 is 1.35 bits per heavy atom. The van der Waals surface area contributed by atoms with Gasteiger partial charge < -0.3 is 14.9 Å². The molecule has 0 saturated carbocycles. The van der Waals surface area contributed by atoms with E-state index in [-0.39, 0.29) is 5.56 Å². The number of aromatic nitrogens is 2. The summed E-state index contributed by atoms with van der Waals surface area (Å²) >= 11 is 0. The van der Waals surface area contributed by atoms with Crippen LogP contribution in [0.5, 0.6) is 0 Å². The minimum absolute atomic E-state index is 0.290. The van der Waals surface area contributed by atoms with Crippen molar-refractivity contribution in [3.8, 4) is 0 Å². The standard InChI is InChI=1S/C13H11N3O4/c1-8-4-11(16-20-8)15-13(19)10-5-9(6-14-7-10)2-3-12(17)18/h2-7H,1H3,(H,17,18)(H,15,16,19). The summed E-state index contributed by atoms with van der Waals surface area (Å²) in [6.07, 6.45) is 5.16. The van der Waals surface area contributed by atoms with Crippen LogP contribution >= 0.6 is 0 Å². The van der Waals surface area contributed by atoms with Crippen LogP contribution in [0.2, 0.25) is 0 Å². The largest absolute Gasteiger partial charge is 0.478 e. The van der Waals surface area contributed by atoms with Gasteiger partial charge in [-0.1, -0.05) is 5.16 Å². The molecule has 0 aliphatic heterocycles. The molecule has 0 unspecified atom stereocenters. The van der Waals surface area contributed by atoms with E-state index in [1.54, 1.807) is 13.0 Å². The van der Waals surface area contributed by atoms with Crippen molar-refractivity contribution in [2.24, 2.45) is 0 Å². The highest BCUT2D eigenvalue weighted by atomic mass is 16.5. The van der Waals surface area contributed by atoms with Crippen LogP contribution in [0, 0.1) is 6.92 Å². The molecule has 0 spiro atoms. The van der Waals surface area contributed by atoms with Gasteiger partial charge in [-0.2, -0.15) is 0 Å². The Morgan fingerprint density at radius 2 is 2.15 bits per heavy atom. The van der Waals surface area contributed by atoms with Crippen molar-refractivity contribution in [1.29, 1.82) is 0 Å². The molecule has 0 saturated heterocycles. The Morgan fingerprint density at radius 3 is 2.80 bits per heavy atom. The molecule has 2 aromatic rings. The number of carboxylic acid groups (broad SMARTS) is 1. The quantitative estimate of drug-likeness (QED) is 0.822. The average Bonchev–Trinajstić information content (AvgIpc) is 2.82. The SMILES string of the molecule is Cc1cc(NC(=O)c2cncc(C=CC(=O)O)c2)no1. The summed E-state index contributed by atoms with van der Waals surface area (Å²) in [5, 5.41) is 14.7. The van der Waals surface area contributed by atoms with Crippen molar-refractivity contribution in [2.75, 3.05) is 5.32 Å². The number of carbonyl (C=O) groups is 2. The number of pyridine rings is 1. The van der Waals surface area contributed by atoms with Crippen molar-refractivity contribution < 1.29 is 19.2 Å². The molecular formula is C13H11N3O4. The molecule has 0 aliphatic carbocycles. The normalized spacial score (nSPS) is 10.7. The van der Waals surface area contributed by atoms with E-state index in [1.165, 1.54) is 24.5 Å². The van der Waals surface area contributed by atoms with Crippen LogP contribution in [0.4, 0.5) is 5.82 Å². The number of carbonyl (C=O) groups excluding carboxylic acids is 1. The summed E-state index contributed by atoms with van der Waals surface area (Å²) < 4.78 is 4.83. The third kappa shape index (κ3) is 3.52. The number of hydrogen-bond donors (Lipinski definition) is 2. The van der Waals surface area contributed by atoms with Gasteiger partial charge >= 0.3 is 5.97 Å². The van der Waals surface area contributed by atoms with E-state index in [9.17, 15) is 9.59 Å². The maximum absolute atomic E-state index is 11.9. The van der Waals surface area contributed by atoms with Crippen molar-refractivity contribution >= 4 is 23.8 Å². The second-order valence-electron chi connectivity index (χ2n) is 3.96. The number of nitrogens with zero attached hydrogens (tertiary/aromatic N) is 2. The van der Waals surface area contributed by atoms with Gasteiger partial charge in [0.2, 0.25) is 0 Å². The number of aliphatic carboxylic acids is 1. The smallest absolute Gasteiger partial charge is 0.328 e. The first kappa shape index (κ1) is 13.5. The van der Waals surface area contributed by atoms with Crippen molar-refractivity contribution in [2.45, 2.75) is 6.92 Å². The van der Waals surface area contributed by atoms with Crippen LogP contribution in [0.1, 0.15) is 21.7 Å². The summed E-state index contributed by atoms with van der Waals surface area (Å²) in [6, 6.07) is 3.11. The van der Waals surface area contributed by atoms with Gasteiger partial charge in [0.1, 0.15) is 5.76 Å². The Kier molecular flexibility index (Phi) is 3.90. The van der Waals surface area contributed by atoms with Crippen LogP contribution in [0.15, 0.2) is 35.1 Å². The van der Waals surface area contributed by atoms with Gasteiger partial charge in [0, 0.05) is 24.5 Å². The van der Waals surface area contributed by atoms with Crippen LogP contribution in [0.3, 0.4) is 0 Å². The highest BCUT2D eigenvalue weighted by Gasteiger charge is 2.09. The van der Waals surface area contributed by atoms with Gasteiger partial charge in [0.25, 0.3) is 5.91 Å². The molecule has 0 atom stereocenters. The van der Waals surface area contributed by atoms with Crippen molar-refractivity contribution in [1.82, 2.24) is 10.1 Å². The predicted octanol–water partition coefficient (Wildman–Crippen LogP) is 1.73. The zero-order valence-corrected chi connectivity index (χ0v) is 10.5. The lowest BCUT2D eigenvalue weighted by molar-refractivity contribution is -0.131. The summed E-state index contributed by atoms with van der Waals surface area (Å²) in [7, 11) is 0. The summed E-state index contributed by atoms with van der Waals surface area (Å²) in [5.41, 5.74) is 0.801. The van der Waals surface area contributed by atoms with Crippen molar-refractivity contribution in [3.63, 3.8) is 0 Å². The van der Waals surface area contributed by atoms with Crippen LogP contribution < -0.4 is 5.32 Å². The molecule has 0 radical (unpaired) electrons. The molecule has 2 heterocycles. The molecule has 2 N–H and O–H groups in total. The monoisotopic (exact) mass is 273 g/mol. The molecule has 20 heavy (non-hydrogen) atoms. The van der Waals surface area contributed by atoms with E-state index in [1.807, 2.05) is 0 Å². The number of carboxylic acids is 1. The van der Waals surface area contributed by atoms with Crippen LogP contribution in [-0.4, -0.2) is 27.1 Å². The third-order valence-electron chi connectivity index (χ3n) is 2.31. The highest BCUT2D eigenvalue weighted by molar-refractivity contribution is 6.03. The van der Waals surface area contributed by atoms with Gasteiger partial charge in [-0.05, 0) is 24.6 Å². The first-order valence-electron chi connectivity index (χ1n) is 5.65. The second-order valence-corrected chi connectivity index (χ2v) is 3.96. The molecule has 7 heteroatoms. The minimum atomic E-state index is -1.07. The van der Waals surface area contributed by atoms with Gasteiger partial charge in [0.15, 0.2) is 5.82 Å². The molecule has 2 rings (SSSR count). The summed E-state index contributed by atoms with van der Waals surface area (Å²) in [5.74, 6) is -0.593. The number of rotatable bonds is 4. The molecule has 7 nitrogen and oxygen atoms in total. The maximum Gasteiger partial charge on any atom is 0.328 e. The first-order chi connectivity index (χ1) is 9.54. The van der Waals surface area contributed by atoms with Gasteiger partial charge in [-0.15, -0.1) is 0 Å². The zero-order valence-electron chi connectivity index (χ0n) is 10.5. The lowest BCUT2D eigenvalue weighted by Crippen LogP contribution is -2.12. The molecule has 1 amide bonds. The fraction of sp³-hybridized carbons (Fsp3) is 0.0769. The number of amides is 1. The van der Waals surface area contributed by atoms with Crippen molar-refractivity contribution in [3.05, 3.63) is 47.5 Å². The second kappa shape index (κ2) is 5.79.